The zero-order valence-electron chi connectivity index (χ0n) is 9.70. The molecule has 0 aromatic heterocycles. The molecule has 0 saturated heterocycles. The highest BCUT2D eigenvalue weighted by atomic mass is 35.5. The lowest BCUT2D eigenvalue weighted by molar-refractivity contribution is 0.626. The van der Waals surface area contributed by atoms with Gasteiger partial charge in [-0.3, -0.25) is 4.21 Å². The molecule has 2 rings (SSSR count). The molecule has 0 fully saturated rings. The number of halogens is 3. The van der Waals surface area contributed by atoms with Gasteiger partial charge in [0.1, 0.15) is 5.82 Å². The summed E-state index contributed by atoms with van der Waals surface area (Å²) in [4.78, 5) is 0.419. The van der Waals surface area contributed by atoms with E-state index in [1.807, 2.05) is 0 Å². The van der Waals surface area contributed by atoms with Gasteiger partial charge in [0.05, 0.1) is 26.5 Å². The van der Waals surface area contributed by atoms with Crippen LogP contribution in [0.1, 0.15) is 5.56 Å². The number of nitrogens with two attached hydrogens (primary N) is 1. The fraction of sp³-hybridized carbons (Fsp3) is 0.0769. The Balaban J connectivity index is 2.30. The van der Waals surface area contributed by atoms with Gasteiger partial charge in [-0.1, -0.05) is 23.2 Å². The predicted octanol–water partition coefficient (Wildman–Crippen LogP) is 4.02. The molecule has 19 heavy (non-hydrogen) atoms. The molecule has 0 saturated carbocycles. The number of nitrogen functional groups attached to an aromatic ring is 1. The van der Waals surface area contributed by atoms with E-state index in [-0.39, 0.29) is 5.75 Å². The van der Waals surface area contributed by atoms with E-state index < -0.39 is 16.6 Å². The average Bonchev–Trinajstić information content (AvgIpc) is 2.36. The minimum absolute atomic E-state index is 0.0831. The lowest BCUT2D eigenvalue weighted by Crippen LogP contribution is -2.00. The second-order valence-electron chi connectivity index (χ2n) is 3.92. The maximum atomic E-state index is 13.1. The van der Waals surface area contributed by atoms with Gasteiger partial charge in [-0.2, -0.15) is 0 Å². The van der Waals surface area contributed by atoms with Gasteiger partial charge in [-0.05, 0) is 42.0 Å². The molecule has 2 N–H and O–H groups in total. The van der Waals surface area contributed by atoms with Crippen LogP contribution >= 0.6 is 23.2 Å². The van der Waals surface area contributed by atoms with Gasteiger partial charge in [0.25, 0.3) is 0 Å². The molecule has 0 aliphatic carbocycles. The van der Waals surface area contributed by atoms with Crippen molar-refractivity contribution in [1.29, 1.82) is 0 Å². The van der Waals surface area contributed by atoms with E-state index in [9.17, 15) is 8.60 Å². The summed E-state index contributed by atoms with van der Waals surface area (Å²) in [6.07, 6.45) is 0. The van der Waals surface area contributed by atoms with E-state index >= 15 is 0 Å². The summed E-state index contributed by atoms with van der Waals surface area (Å²) in [6.45, 7) is 0. The molecule has 2 nitrogen and oxygen atoms in total. The van der Waals surface area contributed by atoms with Crippen molar-refractivity contribution in [3.63, 3.8) is 0 Å². The van der Waals surface area contributed by atoms with Crippen molar-refractivity contribution in [2.75, 3.05) is 5.73 Å². The van der Waals surface area contributed by atoms with Crippen LogP contribution in [0.2, 0.25) is 10.0 Å². The zero-order valence-corrected chi connectivity index (χ0v) is 12.0. The topological polar surface area (TPSA) is 43.1 Å². The molecule has 0 bridgehead atoms. The normalized spacial score (nSPS) is 12.4. The molecular formula is C13H10Cl2FNOS. The van der Waals surface area contributed by atoms with E-state index in [0.717, 1.165) is 0 Å². The predicted molar refractivity (Wildman–Crippen MR) is 77.4 cm³/mol. The summed E-state index contributed by atoms with van der Waals surface area (Å²) in [5.74, 6) is -0.338. The maximum absolute atomic E-state index is 13.1. The van der Waals surface area contributed by atoms with Gasteiger partial charge in [0.15, 0.2) is 0 Å². The molecule has 0 heterocycles. The fourth-order valence-electron chi connectivity index (χ4n) is 1.57. The second kappa shape index (κ2) is 5.90. The summed E-state index contributed by atoms with van der Waals surface area (Å²) in [7, 11) is -1.44. The van der Waals surface area contributed by atoms with Crippen LogP contribution in [0.5, 0.6) is 0 Å². The Morgan fingerprint density at radius 1 is 1.11 bits per heavy atom. The van der Waals surface area contributed by atoms with Crippen LogP contribution in [0.25, 0.3) is 0 Å². The monoisotopic (exact) mass is 317 g/mol. The molecule has 0 amide bonds. The van der Waals surface area contributed by atoms with Crippen molar-refractivity contribution in [1.82, 2.24) is 0 Å². The van der Waals surface area contributed by atoms with Crippen molar-refractivity contribution in [3.8, 4) is 0 Å². The Kier molecular flexibility index (Phi) is 4.45. The highest BCUT2D eigenvalue weighted by molar-refractivity contribution is 7.84. The molecule has 0 aliphatic rings. The highest BCUT2D eigenvalue weighted by Gasteiger charge is 2.12. The Hall–Kier alpha value is -1.10. The number of anilines is 1. The standard InChI is InChI=1S/C13H10Cl2FNOS/c14-11-3-1-9(16)5-8(11)7-19(18)13-6-10(17)2-4-12(13)15/h1-6H,7,17H2. The van der Waals surface area contributed by atoms with Gasteiger partial charge < -0.3 is 5.73 Å². The number of hydrogen-bond acceptors (Lipinski definition) is 2. The molecule has 2 aromatic rings. The Morgan fingerprint density at radius 2 is 1.79 bits per heavy atom. The van der Waals surface area contributed by atoms with Crippen molar-refractivity contribution in [3.05, 3.63) is 57.8 Å². The number of benzene rings is 2. The molecule has 1 unspecified atom stereocenters. The molecule has 0 aliphatic heterocycles. The second-order valence-corrected chi connectivity index (χ2v) is 6.15. The SMILES string of the molecule is Nc1ccc(Cl)c(S(=O)Cc2cc(F)ccc2Cl)c1. The van der Waals surface area contributed by atoms with E-state index in [1.54, 1.807) is 18.2 Å². The lowest BCUT2D eigenvalue weighted by atomic mass is 10.2. The molecule has 0 spiro atoms. The van der Waals surface area contributed by atoms with Gasteiger partial charge >= 0.3 is 0 Å². The zero-order chi connectivity index (χ0) is 14.0. The van der Waals surface area contributed by atoms with Crippen molar-refractivity contribution in [2.45, 2.75) is 10.6 Å². The number of hydrogen-bond donors (Lipinski definition) is 1. The summed E-state index contributed by atoms with van der Waals surface area (Å²) < 4.78 is 25.4. The van der Waals surface area contributed by atoms with Crippen LogP contribution in [0.4, 0.5) is 10.1 Å². The summed E-state index contributed by atoms with van der Waals surface area (Å²) in [5.41, 5.74) is 6.57. The maximum Gasteiger partial charge on any atom is 0.123 e. The third kappa shape index (κ3) is 3.47. The fourth-order valence-corrected chi connectivity index (χ4v) is 3.44. The summed E-state index contributed by atoms with van der Waals surface area (Å²) >= 11 is 11.9. The van der Waals surface area contributed by atoms with Gasteiger partial charge in [-0.15, -0.1) is 0 Å². The molecule has 2 aromatic carbocycles. The van der Waals surface area contributed by atoms with Crippen molar-refractivity contribution >= 4 is 39.7 Å². The molecule has 0 radical (unpaired) electrons. The molecule has 6 heteroatoms. The van der Waals surface area contributed by atoms with Gasteiger partial charge in [0, 0.05) is 10.7 Å². The van der Waals surface area contributed by atoms with Gasteiger partial charge in [-0.25, -0.2) is 4.39 Å². The van der Waals surface area contributed by atoms with Crippen molar-refractivity contribution < 1.29 is 8.60 Å². The third-order valence-corrected chi connectivity index (χ3v) is 4.71. The first kappa shape index (κ1) is 14.3. The van der Waals surface area contributed by atoms with Crippen LogP contribution in [-0.4, -0.2) is 4.21 Å². The van der Waals surface area contributed by atoms with Crippen LogP contribution in [0.3, 0.4) is 0 Å². The number of rotatable bonds is 3. The first-order valence-corrected chi connectivity index (χ1v) is 7.42. The quantitative estimate of drug-likeness (QED) is 0.869. The van der Waals surface area contributed by atoms with E-state index in [4.69, 9.17) is 28.9 Å². The Bertz CT molecular complexity index is 649. The first-order valence-electron chi connectivity index (χ1n) is 5.34. The smallest absolute Gasteiger partial charge is 0.123 e. The Labute approximate surface area is 122 Å². The lowest BCUT2D eigenvalue weighted by Gasteiger charge is -2.07. The van der Waals surface area contributed by atoms with E-state index in [1.165, 1.54) is 18.2 Å². The van der Waals surface area contributed by atoms with Crippen LogP contribution in [-0.2, 0) is 16.6 Å². The summed E-state index contributed by atoms with van der Waals surface area (Å²) in [5, 5.41) is 0.731. The Morgan fingerprint density at radius 3 is 2.53 bits per heavy atom. The molecule has 1 atom stereocenters. The van der Waals surface area contributed by atoms with Crippen molar-refractivity contribution in [2.24, 2.45) is 0 Å². The third-order valence-electron chi connectivity index (χ3n) is 2.49. The van der Waals surface area contributed by atoms with Crippen LogP contribution in [0, 0.1) is 5.82 Å². The van der Waals surface area contributed by atoms with E-state index in [0.29, 0.717) is 26.2 Å². The minimum Gasteiger partial charge on any atom is -0.399 e. The van der Waals surface area contributed by atoms with E-state index in [2.05, 4.69) is 0 Å². The average molecular weight is 318 g/mol. The highest BCUT2D eigenvalue weighted by Crippen LogP contribution is 2.26. The molecular weight excluding hydrogens is 308 g/mol. The minimum atomic E-state index is -1.44. The first-order chi connectivity index (χ1) is 8.97. The summed E-state index contributed by atoms with van der Waals surface area (Å²) in [6, 6.07) is 8.70. The molecule has 100 valence electrons. The van der Waals surface area contributed by atoms with Gasteiger partial charge in [0.2, 0.25) is 0 Å². The van der Waals surface area contributed by atoms with Crippen LogP contribution in [0.15, 0.2) is 41.3 Å². The van der Waals surface area contributed by atoms with Crippen LogP contribution < -0.4 is 5.73 Å². The largest absolute Gasteiger partial charge is 0.399 e.